The van der Waals surface area contributed by atoms with Gasteiger partial charge in [0.25, 0.3) is 0 Å². The van der Waals surface area contributed by atoms with E-state index in [2.05, 4.69) is 45.9 Å². The summed E-state index contributed by atoms with van der Waals surface area (Å²) in [6.45, 7) is 8.38. The van der Waals surface area contributed by atoms with E-state index in [0.717, 1.165) is 12.8 Å². The van der Waals surface area contributed by atoms with Crippen LogP contribution in [0.4, 0.5) is 0 Å². The van der Waals surface area contributed by atoms with Gasteiger partial charge >= 0.3 is 0 Å². The minimum Gasteiger partial charge on any atom is -0.298 e. The summed E-state index contributed by atoms with van der Waals surface area (Å²) in [5.41, 5.74) is 3.70. The third kappa shape index (κ3) is 1.68. The predicted octanol–water partition coefficient (Wildman–Crippen LogP) is 3.78. The Morgan fingerprint density at radius 1 is 1.25 bits per heavy atom. The van der Waals surface area contributed by atoms with Crippen LogP contribution in [0.5, 0.6) is 0 Å². The number of benzene rings is 1. The van der Waals surface area contributed by atoms with Crippen molar-refractivity contribution in [2.45, 2.75) is 46.5 Å². The van der Waals surface area contributed by atoms with E-state index in [1.165, 1.54) is 16.7 Å². The highest BCUT2D eigenvalue weighted by Gasteiger charge is 2.41. The Morgan fingerprint density at radius 2 is 1.94 bits per heavy atom. The van der Waals surface area contributed by atoms with Gasteiger partial charge in [-0.25, -0.2) is 0 Å². The molecule has 2 rings (SSSR count). The Balaban J connectivity index is 2.40. The molecule has 1 atom stereocenters. The van der Waals surface area contributed by atoms with Crippen molar-refractivity contribution in [2.24, 2.45) is 5.41 Å². The lowest BCUT2D eigenvalue weighted by Gasteiger charge is -2.18. The molecule has 1 nitrogen and oxygen atoms in total. The lowest BCUT2D eigenvalue weighted by atomic mass is 9.85. The van der Waals surface area contributed by atoms with Crippen LogP contribution in [0.2, 0.25) is 0 Å². The molecule has 0 N–H and O–H groups in total. The normalized spacial score (nSPS) is 23.8. The number of ketones is 1. The van der Waals surface area contributed by atoms with Crippen LogP contribution in [-0.4, -0.2) is 5.78 Å². The van der Waals surface area contributed by atoms with Crippen LogP contribution in [0, 0.1) is 19.3 Å². The zero-order valence-electron chi connectivity index (χ0n) is 10.6. The molecule has 0 aromatic heterocycles. The van der Waals surface area contributed by atoms with Crippen LogP contribution in [0.25, 0.3) is 0 Å². The first-order chi connectivity index (χ1) is 7.43. The molecule has 0 spiro atoms. The van der Waals surface area contributed by atoms with Gasteiger partial charge < -0.3 is 0 Å². The molecule has 0 aliphatic heterocycles. The molecular formula is C15H20O. The second-order valence-electron chi connectivity index (χ2n) is 5.63. The minimum absolute atomic E-state index is 0.124. The molecule has 1 aliphatic carbocycles. The Labute approximate surface area is 97.9 Å². The summed E-state index contributed by atoms with van der Waals surface area (Å²) in [7, 11) is 0. The molecule has 0 bridgehead atoms. The van der Waals surface area contributed by atoms with Crippen LogP contribution < -0.4 is 0 Å². The Hall–Kier alpha value is -1.11. The summed E-state index contributed by atoms with van der Waals surface area (Å²) in [6.07, 6.45) is 2.03. The van der Waals surface area contributed by atoms with Crippen LogP contribution >= 0.6 is 0 Å². The van der Waals surface area contributed by atoms with Gasteiger partial charge in [0.15, 0.2) is 0 Å². The highest BCUT2D eigenvalue weighted by molar-refractivity contribution is 5.92. The van der Waals surface area contributed by atoms with Gasteiger partial charge in [-0.1, -0.05) is 32.0 Å². The van der Waals surface area contributed by atoms with E-state index in [1.54, 1.807) is 0 Å². The van der Waals surface area contributed by atoms with E-state index in [4.69, 9.17) is 0 Å². The average molecular weight is 216 g/mol. The molecule has 1 aromatic carbocycles. The quantitative estimate of drug-likeness (QED) is 0.698. The van der Waals surface area contributed by atoms with Gasteiger partial charge in [-0.3, -0.25) is 4.79 Å². The third-order valence-electron chi connectivity index (χ3n) is 4.06. The van der Waals surface area contributed by atoms with Crippen molar-refractivity contribution in [3.8, 4) is 0 Å². The Morgan fingerprint density at radius 3 is 2.50 bits per heavy atom. The number of rotatable bonds is 1. The second kappa shape index (κ2) is 3.73. The first kappa shape index (κ1) is 11.4. The topological polar surface area (TPSA) is 17.1 Å². The van der Waals surface area contributed by atoms with Gasteiger partial charge in [0.2, 0.25) is 0 Å². The Kier molecular flexibility index (Phi) is 2.65. The van der Waals surface area contributed by atoms with Gasteiger partial charge in [0.05, 0.1) is 0 Å². The number of hydrogen-bond donors (Lipinski definition) is 0. The molecule has 1 aromatic rings. The van der Waals surface area contributed by atoms with Crippen molar-refractivity contribution in [2.75, 3.05) is 0 Å². The molecule has 86 valence electrons. The summed E-state index contributed by atoms with van der Waals surface area (Å²) >= 11 is 0. The van der Waals surface area contributed by atoms with E-state index in [1.807, 2.05) is 0 Å². The van der Waals surface area contributed by atoms with Crippen molar-refractivity contribution in [1.82, 2.24) is 0 Å². The number of carbonyl (C=O) groups excluding carboxylic acids is 1. The van der Waals surface area contributed by atoms with Gasteiger partial charge in [-0.2, -0.15) is 0 Å². The molecule has 16 heavy (non-hydrogen) atoms. The van der Waals surface area contributed by atoms with Gasteiger partial charge in [0, 0.05) is 11.3 Å². The van der Waals surface area contributed by atoms with Crippen molar-refractivity contribution in [3.05, 3.63) is 34.9 Å². The van der Waals surface area contributed by atoms with Gasteiger partial charge in [-0.05, 0) is 43.4 Å². The highest BCUT2D eigenvalue weighted by Crippen LogP contribution is 2.43. The van der Waals surface area contributed by atoms with E-state index in [-0.39, 0.29) is 11.3 Å². The summed E-state index contributed by atoms with van der Waals surface area (Å²) in [6, 6.07) is 6.30. The van der Waals surface area contributed by atoms with Gasteiger partial charge in [-0.15, -0.1) is 0 Å². The summed E-state index contributed by atoms with van der Waals surface area (Å²) in [5, 5.41) is 0. The average Bonchev–Trinajstić information content (AvgIpc) is 2.48. The lowest BCUT2D eigenvalue weighted by Crippen LogP contribution is -2.21. The number of aryl methyl sites for hydroxylation is 1. The maximum absolute atomic E-state index is 12.3. The van der Waals surface area contributed by atoms with Crippen LogP contribution in [0.1, 0.15) is 49.3 Å². The third-order valence-corrected chi connectivity index (χ3v) is 4.06. The van der Waals surface area contributed by atoms with Crippen molar-refractivity contribution >= 4 is 5.78 Å². The Bertz CT molecular complexity index is 429. The van der Waals surface area contributed by atoms with Crippen molar-refractivity contribution in [1.29, 1.82) is 0 Å². The lowest BCUT2D eigenvalue weighted by molar-refractivity contribution is -0.125. The van der Waals surface area contributed by atoms with E-state index in [9.17, 15) is 4.79 Å². The first-order valence-electron chi connectivity index (χ1n) is 6.04. The molecule has 0 saturated heterocycles. The molecule has 1 saturated carbocycles. The molecule has 1 unspecified atom stereocenters. The number of Topliss-reactive ketones (excluding diaryl/α,β-unsaturated/α-hetero) is 1. The fraction of sp³-hybridized carbons (Fsp3) is 0.533. The monoisotopic (exact) mass is 216 g/mol. The molecule has 0 radical (unpaired) electrons. The highest BCUT2D eigenvalue weighted by atomic mass is 16.1. The summed E-state index contributed by atoms with van der Waals surface area (Å²) < 4.78 is 0. The van der Waals surface area contributed by atoms with E-state index in [0.29, 0.717) is 5.78 Å². The maximum Gasteiger partial charge on any atom is 0.145 e. The first-order valence-corrected chi connectivity index (χ1v) is 6.04. The molecule has 0 amide bonds. The predicted molar refractivity (Wildman–Crippen MR) is 66.7 cm³/mol. The fourth-order valence-corrected chi connectivity index (χ4v) is 2.68. The zero-order valence-corrected chi connectivity index (χ0v) is 10.6. The zero-order chi connectivity index (χ0) is 11.9. The SMILES string of the molecule is Cc1cccc(C2CCC(C)(C)C2=O)c1C. The van der Waals surface area contributed by atoms with Crippen molar-refractivity contribution in [3.63, 3.8) is 0 Å². The number of hydrogen-bond acceptors (Lipinski definition) is 1. The summed E-state index contributed by atoms with van der Waals surface area (Å²) in [5.74, 6) is 0.552. The fourth-order valence-electron chi connectivity index (χ4n) is 2.68. The molecule has 1 heteroatoms. The van der Waals surface area contributed by atoms with E-state index < -0.39 is 0 Å². The second-order valence-corrected chi connectivity index (χ2v) is 5.63. The summed E-state index contributed by atoms with van der Waals surface area (Å²) in [4.78, 5) is 12.3. The van der Waals surface area contributed by atoms with E-state index >= 15 is 0 Å². The van der Waals surface area contributed by atoms with Crippen LogP contribution in [-0.2, 0) is 4.79 Å². The largest absolute Gasteiger partial charge is 0.298 e. The van der Waals surface area contributed by atoms with Crippen LogP contribution in [0.3, 0.4) is 0 Å². The molecular weight excluding hydrogens is 196 g/mol. The van der Waals surface area contributed by atoms with Gasteiger partial charge in [0.1, 0.15) is 5.78 Å². The van der Waals surface area contributed by atoms with Crippen LogP contribution in [0.15, 0.2) is 18.2 Å². The van der Waals surface area contributed by atoms with Crippen molar-refractivity contribution < 1.29 is 4.79 Å². The maximum atomic E-state index is 12.3. The molecule has 1 fully saturated rings. The number of carbonyl (C=O) groups is 1. The standard InChI is InChI=1S/C15H20O/c1-10-6-5-7-12(11(10)2)13-8-9-15(3,4)14(13)16/h5-7,13H,8-9H2,1-4H3. The molecule has 0 heterocycles. The smallest absolute Gasteiger partial charge is 0.145 e. The minimum atomic E-state index is -0.124. The molecule has 1 aliphatic rings.